The van der Waals surface area contributed by atoms with Gasteiger partial charge in [0.05, 0.1) is 5.56 Å². The van der Waals surface area contributed by atoms with Crippen molar-refractivity contribution in [1.29, 1.82) is 0 Å². The molecule has 0 aliphatic carbocycles. The molecule has 4 nitrogen and oxygen atoms in total. The van der Waals surface area contributed by atoms with Gasteiger partial charge >= 0.3 is 0 Å². The Morgan fingerprint density at radius 3 is 2.65 bits per heavy atom. The van der Waals surface area contributed by atoms with Crippen LogP contribution in [-0.2, 0) is 0 Å². The first kappa shape index (κ1) is 11.5. The van der Waals surface area contributed by atoms with Crippen molar-refractivity contribution in [3.63, 3.8) is 0 Å². The minimum Gasteiger partial charge on any atom is -0.398 e. The number of primary amides is 1. The maximum absolute atomic E-state index is 11.2. The standard InChI is InChI=1S/C12H11N3OS/c13-9-5-1-2-6-10(9)17-12-8(11(14)16)4-3-7-15-12/h1-7H,13H2,(H2,14,16). The van der Waals surface area contributed by atoms with E-state index < -0.39 is 5.91 Å². The van der Waals surface area contributed by atoms with Crippen LogP contribution >= 0.6 is 11.8 Å². The van der Waals surface area contributed by atoms with Gasteiger partial charge in [0.1, 0.15) is 5.03 Å². The second-order valence-corrected chi connectivity index (χ2v) is 4.39. The minimum atomic E-state index is -0.491. The van der Waals surface area contributed by atoms with E-state index >= 15 is 0 Å². The highest BCUT2D eigenvalue weighted by Crippen LogP contribution is 2.32. The molecule has 5 heteroatoms. The predicted molar refractivity (Wildman–Crippen MR) is 67.7 cm³/mol. The molecule has 1 aromatic heterocycles. The van der Waals surface area contributed by atoms with E-state index in [4.69, 9.17) is 11.5 Å². The second kappa shape index (κ2) is 4.88. The molecule has 1 amide bonds. The zero-order valence-corrected chi connectivity index (χ0v) is 9.78. The molecule has 0 aliphatic rings. The van der Waals surface area contributed by atoms with Gasteiger partial charge < -0.3 is 11.5 Å². The Bertz CT molecular complexity index is 557. The molecule has 2 rings (SSSR count). The van der Waals surface area contributed by atoms with E-state index in [2.05, 4.69) is 4.98 Å². The van der Waals surface area contributed by atoms with Gasteiger partial charge in [0, 0.05) is 16.8 Å². The largest absolute Gasteiger partial charge is 0.398 e. The van der Waals surface area contributed by atoms with Crippen molar-refractivity contribution < 1.29 is 4.79 Å². The number of benzene rings is 1. The third kappa shape index (κ3) is 2.57. The Labute approximate surface area is 103 Å². The Morgan fingerprint density at radius 2 is 1.94 bits per heavy atom. The van der Waals surface area contributed by atoms with E-state index in [0.717, 1.165) is 4.90 Å². The minimum absolute atomic E-state index is 0.403. The third-order valence-electron chi connectivity index (χ3n) is 2.16. The average Bonchev–Trinajstić information content (AvgIpc) is 2.32. The maximum Gasteiger partial charge on any atom is 0.251 e. The highest BCUT2D eigenvalue weighted by molar-refractivity contribution is 7.99. The van der Waals surface area contributed by atoms with Gasteiger partial charge in [-0.1, -0.05) is 23.9 Å². The smallest absolute Gasteiger partial charge is 0.251 e. The lowest BCUT2D eigenvalue weighted by atomic mass is 10.3. The third-order valence-corrected chi connectivity index (χ3v) is 3.27. The number of nitrogens with two attached hydrogens (primary N) is 2. The zero-order valence-electron chi connectivity index (χ0n) is 8.96. The van der Waals surface area contributed by atoms with Crippen LogP contribution in [-0.4, -0.2) is 10.9 Å². The summed E-state index contributed by atoms with van der Waals surface area (Å²) in [4.78, 5) is 16.2. The molecule has 0 atom stereocenters. The van der Waals surface area contributed by atoms with E-state index in [0.29, 0.717) is 16.3 Å². The van der Waals surface area contributed by atoms with Crippen molar-refractivity contribution in [2.75, 3.05) is 5.73 Å². The van der Waals surface area contributed by atoms with E-state index in [-0.39, 0.29) is 0 Å². The van der Waals surface area contributed by atoms with Crippen molar-refractivity contribution >= 4 is 23.4 Å². The zero-order chi connectivity index (χ0) is 12.3. The number of amides is 1. The van der Waals surface area contributed by atoms with Crippen LogP contribution in [0.2, 0.25) is 0 Å². The van der Waals surface area contributed by atoms with Crippen LogP contribution in [0.1, 0.15) is 10.4 Å². The Morgan fingerprint density at radius 1 is 1.18 bits per heavy atom. The van der Waals surface area contributed by atoms with Crippen LogP contribution < -0.4 is 11.5 Å². The van der Waals surface area contributed by atoms with Crippen LogP contribution in [0.25, 0.3) is 0 Å². The number of carbonyl (C=O) groups excluding carboxylic acids is 1. The van der Waals surface area contributed by atoms with Gasteiger partial charge in [-0.2, -0.15) is 0 Å². The normalized spacial score (nSPS) is 10.1. The van der Waals surface area contributed by atoms with Gasteiger partial charge in [-0.3, -0.25) is 4.79 Å². The molecule has 0 radical (unpaired) electrons. The number of carbonyl (C=O) groups is 1. The number of para-hydroxylation sites is 1. The van der Waals surface area contributed by atoms with Gasteiger partial charge in [-0.25, -0.2) is 4.98 Å². The van der Waals surface area contributed by atoms with E-state index in [1.54, 1.807) is 24.4 Å². The lowest BCUT2D eigenvalue weighted by Crippen LogP contribution is -2.12. The molecule has 0 spiro atoms. The van der Waals surface area contributed by atoms with E-state index in [1.807, 2.05) is 18.2 Å². The molecule has 4 N–H and O–H groups in total. The number of nitrogen functional groups attached to an aromatic ring is 1. The van der Waals surface area contributed by atoms with Crippen LogP contribution in [0.3, 0.4) is 0 Å². The van der Waals surface area contributed by atoms with Gasteiger partial charge in [0.15, 0.2) is 0 Å². The summed E-state index contributed by atoms with van der Waals surface area (Å²) in [7, 11) is 0. The fourth-order valence-electron chi connectivity index (χ4n) is 1.34. The summed E-state index contributed by atoms with van der Waals surface area (Å²) < 4.78 is 0. The fraction of sp³-hybridized carbons (Fsp3) is 0. The summed E-state index contributed by atoms with van der Waals surface area (Å²) in [5.41, 5.74) is 12.2. The quantitative estimate of drug-likeness (QED) is 0.809. The maximum atomic E-state index is 11.2. The van der Waals surface area contributed by atoms with Crippen molar-refractivity contribution in [2.45, 2.75) is 9.92 Å². The molecule has 86 valence electrons. The number of hydrogen-bond acceptors (Lipinski definition) is 4. The molecule has 0 saturated carbocycles. The highest BCUT2D eigenvalue weighted by Gasteiger charge is 2.11. The van der Waals surface area contributed by atoms with Crippen LogP contribution in [0.5, 0.6) is 0 Å². The van der Waals surface area contributed by atoms with Gasteiger partial charge in [-0.15, -0.1) is 0 Å². The SMILES string of the molecule is NC(=O)c1cccnc1Sc1ccccc1N. The first-order valence-electron chi connectivity index (χ1n) is 4.95. The van der Waals surface area contributed by atoms with E-state index in [1.165, 1.54) is 11.8 Å². The molecule has 17 heavy (non-hydrogen) atoms. The van der Waals surface area contributed by atoms with Crippen molar-refractivity contribution in [3.8, 4) is 0 Å². The first-order chi connectivity index (χ1) is 8.18. The number of pyridine rings is 1. The number of hydrogen-bond donors (Lipinski definition) is 2. The van der Waals surface area contributed by atoms with Gasteiger partial charge in [0.25, 0.3) is 5.91 Å². The van der Waals surface area contributed by atoms with Crippen LogP contribution in [0.15, 0.2) is 52.5 Å². The Balaban J connectivity index is 2.37. The second-order valence-electron chi connectivity index (χ2n) is 3.36. The highest BCUT2D eigenvalue weighted by atomic mass is 32.2. The topological polar surface area (TPSA) is 82.0 Å². The number of aromatic nitrogens is 1. The lowest BCUT2D eigenvalue weighted by Gasteiger charge is -2.06. The van der Waals surface area contributed by atoms with Crippen molar-refractivity contribution in [2.24, 2.45) is 5.73 Å². The Kier molecular flexibility index (Phi) is 3.30. The van der Waals surface area contributed by atoms with Crippen LogP contribution in [0.4, 0.5) is 5.69 Å². The summed E-state index contributed by atoms with van der Waals surface area (Å²) >= 11 is 1.33. The van der Waals surface area contributed by atoms with Gasteiger partial charge in [0.2, 0.25) is 0 Å². The molecular formula is C12H11N3OS. The molecule has 0 bridgehead atoms. The summed E-state index contributed by atoms with van der Waals surface area (Å²) in [5.74, 6) is -0.491. The lowest BCUT2D eigenvalue weighted by molar-refractivity contribution is 0.0997. The van der Waals surface area contributed by atoms with Crippen LogP contribution in [0, 0.1) is 0 Å². The molecule has 0 aliphatic heterocycles. The summed E-state index contributed by atoms with van der Waals surface area (Å²) in [6.45, 7) is 0. The number of anilines is 1. The molecule has 2 aromatic rings. The summed E-state index contributed by atoms with van der Waals surface area (Å²) in [5, 5.41) is 0.568. The van der Waals surface area contributed by atoms with Crippen molar-refractivity contribution in [3.05, 3.63) is 48.2 Å². The Hall–Kier alpha value is -2.01. The number of nitrogens with zero attached hydrogens (tertiary/aromatic N) is 1. The van der Waals surface area contributed by atoms with Gasteiger partial charge in [-0.05, 0) is 24.3 Å². The molecule has 0 saturated heterocycles. The average molecular weight is 245 g/mol. The predicted octanol–water partition coefficient (Wildman–Crippen LogP) is 1.91. The number of rotatable bonds is 3. The fourth-order valence-corrected chi connectivity index (χ4v) is 2.27. The molecule has 1 aromatic carbocycles. The molecule has 0 unspecified atom stereocenters. The van der Waals surface area contributed by atoms with E-state index in [9.17, 15) is 4.79 Å². The molecule has 1 heterocycles. The summed E-state index contributed by atoms with van der Waals surface area (Å²) in [6.07, 6.45) is 1.62. The first-order valence-corrected chi connectivity index (χ1v) is 5.77. The summed E-state index contributed by atoms with van der Waals surface area (Å²) in [6, 6.07) is 10.7. The molecular weight excluding hydrogens is 234 g/mol. The molecule has 0 fully saturated rings. The van der Waals surface area contributed by atoms with Crippen molar-refractivity contribution in [1.82, 2.24) is 4.98 Å². The monoisotopic (exact) mass is 245 g/mol.